The summed E-state index contributed by atoms with van der Waals surface area (Å²) < 4.78 is 36.0. The molecule has 120 valence electrons. The Kier molecular flexibility index (Phi) is 6.83. The molecule has 22 heavy (non-hydrogen) atoms. The number of hydrogen-bond donors (Lipinski definition) is 2. The van der Waals surface area contributed by atoms with Crippen molar-refractivity contribution in [1.29, 1.82) is 0 Å². The Labute approximate surface area is 135 Å². The lowest BCUT2D eigenvalue weighted by molar-refractivity contribution is 0.445. The maximum atomic E-state index is 10.9. The predicted octanol–water partition coefficient (Wildman–Crippen LogP) is 3.17. The first-order chi connectivity index (χ1) is 10.2. The van der Waals surface area contributed by atoms with E-state index < -0.39 is 21.9 Å². The summed E-state index contributed by atoms with van der Waals surface area (Å²) in [6.07, 6.45) is 4.96. The molecule has 0 aliphatic carbocycles. The minimum atomic E-state index is -4.14. The van der Waals surface area contributed by atoms with Gasteiger partial charge in [0.25, 0.3) is 10.1 Å². The molecule has 0 heterocycles. The summed E-state index contributed by atoms with van der Waals surface area (Å²) in [6, 6.07) is 5.74. The fourth-order valence-corrected chi connectivity index (χ4v) is 2.30. The van der Waals surface area contributed by atoms with Crippen molar-refractivity contribution in [2.24, 2.45) is 5.73 Å². The molecule has 1 unspecified atom stereocenters. The molecule has 1 aromatic carbocycles. The highest BCUT2D eigenvalue weighted by Crippen LogP contribution is 2.21. The van der Waals surface area contributed by atoms with E-state index in [9.17, 15) is 8.42 Å². The SMILES string of the molecule is C=C(/C=C\C(Cl)=C/C)Oc1cccc(C(N)CS(=O)(=O)O)c1. The van der Waals surface area contributed by atoms with E-state index in [1.54, 1.807) is 49.4 Å². The first kappa shape index (κ1) is 18.4. The molecule has 1 atom stereocenters. The van der Waals surface area contributed by atoms with Gasteiger partial charge in [-0.15, -0.1) is 0 Å². The third kappa shape index (κ3) is 6.91. The van der Waals surface area contributed by atoms with Crippen molar-refractivity contribution in [3.63, 3.8) is 0 Å². The number of hydrogen-bond acceptors (Lipinski definition) is 4. The molecule has 5 nitrogen and oxygen atoms in total. The van der Waals surface area contributed by atoms with Gasteiger partial charge in [0.05, 0.1) is 5.75 Å². The summed E-state index contributed by atoms with van der Waals surface area (Å²) in [5.74, 6) is 0.254. The summed E-state index contributed by atoms with van der Waals surface area (Å²) in [7, 11) is -4.14. The maximum Gasteiger partial charge on any atom is 0.266 e. The van der Waals surface area contributed by atoms with Crippen LogP contribution in [0.3, 0.4) is 0 Å². The molecule has 0 saturated carbocycles. The van der Waals surface area contributed by atoms with Gasteiger partial charge in [-0.1, -0.05) is 36.4 Å². The molecule has 1 aromatic rings. The Bertz CT molecular complexity index is 695. The van der Waals surface area contributed by atoms with Crippen molar-refractivity contribution in [3.8, 4) is 5.75 Å². The van der Waals surface area contributed by atoms with Crippen LogP contribution in [-0.4, -0.2) is 18.7 Å². The molecule has 0 bridgehead atoms. The maximum absolute atomic E-state index is 10.9. The van der Waals surface area contributed by atoms with Crippen molar-refractivity contribution in [2.45, 2.75) is 13.0 Å². The Morgan fingerprint density at radius 3 is 2.77 bits per heavy atom. The van der Waals surface area contributed by atoms with E-state index in [0.717, 1.165) is 0 Å². The van der Waals surface area contributed by atoms with Crippen LogP contribution in [0.4, 0.5) is 0 Å². The molecule has 0 saturated heterocycles. The highest BCUT2D eigenvalue weighted by Gasteiger charge is 2.15. The third-order valence-electron chi connectivity index (χ3n) is 2.63. The molecule has 0 radical (unpaired) electrons. The van der Waals surface area contributed by atoms with E-state index in [1.807, 2.05) is 0 Å². The van der Waals surface area contributed by atoms with E-state index in [-0.39, 0.29) is 0 Å². The minimum absolute atomic E-state index is 0.362. The molecule has 0 aromatic heterocycles. The molecule has 7 heteroatoms. The summed E-state index contributed by atoms with van der Waals surface area (Å²) in [5.41, 5.74) is 6.27. The number of halogens is 1. The van der Waals surface area contributed by atoms with Crippen molar-refractivity contribution < 1.29 is 17.7 Å². The van der Waals surface area contributed by atoms with Gasteiger partial charge in [-0.2, -0.15) is 8.42 Å². The highest BCUT2D eigenvalue weighted by atomic mass is 35.5. The second kappa shape index (κ2) is 8.14. The first-order valence-corrected chi connectivity index (χ1v) is 8.37. The number of allylic oxidation sites excluding steroid dienone is 4. The Hall–Kier alpha value is -1.60. The van der Waals surface area contributed by atoms with Crippen LogP contribution in [0, 0.1) is 0 Å². The Morgan fingerprint density at radius 2 is 2.18 bits per heavy atom. The first-order valence-electron chi connectivity index (χ1n) is 6.38. The van der Waals surface area contributed by atoms with Crippen LogP contribution in [0.5, 0.6) is 5.75 Å². The minimum Gasteiger partial charge on any atom is -0.458 e. The Morgan fingerprint density at radius 1 is 1.50 bits per heavy atom. The van der Waals surface area contributed by atoms with E-state index in [0.29, 0.717) is 22.1 Å². The quantitative estimate of drug-likeness (QED) is 0.451. The van der Waals surface area contributed by atoms with Gasteiger partial charge in [-0.25, -0.2) is 0 Å². The fourth-order valence-electron chi connectivity index (χ4n) is 1.59. The normalized spacial score (nSPS) is 14.1. The van der Waals surface area contributed by atoms with E-state index >= 15 is 0 Å². The van der Waals surface area contributed by atoms with E-state index in [4.69, 9.17) is 26.6 Å². The second-order valence-electron chi connectivity index (χ2n) is 4.50. The third-order valence-corrected chi connectivity index (χ3v) is 3.75. The Balaban J connectivity index is 2.80. The monoisotopic (exact) mass is 343 g/mol. The summed E-state index contributed by atoms with van der Waals surface area (Å²) in [4.78, 5) is 0. The standard InChI is InChI=1S/C15H18ClNO4S/c1-3-13(16)8-7-11(2)21-14-6-4-5-12(9-14)15(17)10-22(18,19)20/h3-9,15H,2,10,17H2,1H3,(H,18,19,20)/b8-7-,13-3+. The highest BCUT2D eigenvalue weighted by molar-refractivity contribution is 7.85. The van der Waals surface area contributed by atoms with Gasteiger partial charge in [0.1, 0.15) is 11.5 Å². The predicted molar refractivity (Wildman–Crippen MR) is 88.3 cm³/mol. The lowest BCUT2D eigenvalue weighted by atomic mass is 10.1. The van der Waals surface area contributed by atoms with Crippen molar-refractivity contribution >= 4 is 21.7 Å². The molecule has 3 N–H and O–H groups in total. The lowest BCUT2D eigenvalue weighted by Crippen LogP contribution is -2.21. The van der Waals surface area contributed by atoms with Crippen molar-refractivity contribution in [1.82, 2.24) is 0 Å². The summed E-state index contributed by atoms with van der Waals surface area (Å²) in [5, 5.41) is 0.550. The lowest BCUT2D eigenvalue weighted by Gasteiger charge is -2.12. The van der Waals surface area contributed by atoms with Gasteiger partial charge in [-0.3, -0.25) is 4.55 Å². The molecule has 0 fully saturated rings. The number of benzene rings is 1. The number of nitrogens with two attached hydrogens (primary N) is 1. The van der Waals surface area contributed by atoms with Crippen LogP contribution in [0.15, 0.2) is 59.9 Å². The summed E-state index contributed by atoms with van der Waals surface area (Å²) in [6.45, 7) is 5.53. The van der Waals surface area contributed by atoms with Crippen LogP contribution in [0.25, 0.3) is 0 Å². The van der Waals surface area contributed by atoms with Gasteiger partial charge < -0.3 is 10.5 Å². The molecule has 0 spiro atoms. The number of ether oxygens (including phenoxy) is 1. The molecular formula is C15H18ClNO4S. The van der Waals surface area contributed by atoms with Crippen LogP contribution >= 0.6 is 11.6 Å². The topological polar surface area (TPSA) is 89.6 Å². The zero-order valence-electron chi connectivity index (χ0n) is 12.1. The zero-order valence-corrected chi connectivity index (χ0v) is 13.6. The average Bonchev–Trinajstić information content (AvgIpc) is 2.43. The van der Waals surface area contributed by atoms with Crippen LogP contribution < -0.4 is 10.5 Å². The van der Waals surface area contributed by atoms with Gasteiger partial charge >= 0.3 is 0 Å². The van der Waals surface area contributed by atoms with Gasteiger partial charge in [0.15, 0.2) is 0 Å². The molecular weight excluding hydrogens is 326 g/mol. The van der Waals surface area contributed by atoms with Crippen molar-refractivity contribution in [2.75, 3.05) is 5.75 Å². The van der Waals surface area contributed by atoms with Gasteiger partial charge in [0.2, 0.25) is 0 Å². The van der Waals surface area contributed by atoms with Crippen LogP contribution in [0.2, 0.25) is 0 Å². The van der Waals surface area contributed by atoms with Gasteiger partial charge in [0, 0.05) is 11.1 Å². The fraction of sp³-hybridized carbons (Fsp3) is 0.200. The molecule has 0 amide bonds. The zero-order chi connectivity index (χ0) is 16.8. The second-order valence-corrected chi connectivity index (χ2v) is 6.44. The average molecular weight is 344 g/mol. The van der Waals surface area contributed by atoms with Crippen LogP contribution in [0.1, 0.15) is 18.5 Å². The van der Waals surface area contributed by atoms with Crippen LogP contribution in [-0.2, 0) is 10.1 Å². The molecule has 1 rings (SSSR count). The molecule has 0 aliphatic rings. The van der Waals surface area contributed by atoms with Gasteiger partial charge in [-0.05, 0) is 36.8 Å². The van der Waals surface area contributed by atoms with Crippen molar-refractivity contribution in [3.05, 3.63) is 65.4 Å². The van der Waals surface area contributed by atoms with E-state index in [1.165, 1.54) is 0 Å². The summed E-state index contributed by atoms with van der Waals surface area (Å²) >= 11 is 5.82. The molecule has 0 aliphatic heterocycles. The van der Waals surface area contributed by atoms with E-state index in [2.05, 4.69) is 6.58 Å². The smallest absolute Gasteiger partial charge is 0.266 e. The number of rotatable bonds is 7. The largest absolute Gasteiger partial charge is 0.458 e.